The Labute approximate surface area is 415 Å². The third kappa shape index (κ3) is 7.17. The minimum Gasteiger partial charge on any atom is -0.309 e. The molecule has 0 aliphatic rings. The van der Waals surface area contributed by atoms with Crippen molar-refractivity contribution < 1.29 is 0 Å². The van der Waals surface area contributed by atoms with Crippen molar-refractivity contribution >= 4 is 43.6 Å². The number of aromatic nitrogens is 5. The Bertz CT molecular complexity index is 4140. The number of para-hydroxylation sites is 2. The lowest BCUT2D eigenvalue weighted by molar-refractivity contribution is 1.06. The van der Waals surface area contributed by atoms with Crippen molar-refractivity contribution in [3.05, 3.63) is 248 Å². The van der Waals surface area contributed by atoms with E-state index in [4.69, 9.17) is 15.0 Å². The van der Waals surface area contributed by atoms with Gasteiger partial charge < -0.3 is 9.13 Å². The fourth-order valence-electron chi connectivity index (χ4n) is 10.2. The van der Waals surface area contributed by atoms with E-state index >= 15 is 0 Å². The van der Waals surface area contributed by atoms with Crippen LogP contribution in [0.15, 0.2) is 237 Å². The third-order valence-electron chi connectivity index (χ3n) is 13.7. The Morgan fingerprint density at radius 3 is 1.35 bits per heavy atom. The largest absolute Gasteiger partial charge is 0.309 e. The van der Waals surface area contributed by atoms with E-state index in [2.05, 4.69) is 149 Å². The normalized spacial score (nSPS) is 11.3. The molecule has 13 rings (SSSR count). The van der Waals surface area contributed by atoms with Gasteiger partial charge in [-0.05, 0) is 118 Å². The second-order valence-corrected chi connectivity index (χ2v) is 17.8. The molecule has 0 radical (unpaired) electrons. The van der Waals surface area contributed by atoms with Crippen LogP contribution >= 0.6 is 0 Å². The molecular formula is C65H39N7. The fraction of sp³-hybridized carbons (Fsp3) is 0. The summed E-state index contributed by atoms with van der Waals surface area (Å²) in [6, 6.07) is 85.9. The molecule has 72 heavy (non-hydrogen) atoms. The smallest absolute Gasteiger partial charge is 0.166 e. The van der Waals surface area contributed by atoms with Gasteiger partial charge >= 0.3 is 0 Å². The molecule has 0 aliphatic heterocycles. The summed E-state index contributed by atoms with van der Waals surface area (Å²) in [6.07, 6.45) is 0. The van der Waals surface area contributed by atoms with Crippen LogP contribution in [0.4, 0.5) is 0 Å². The van der Waals surface area contributed by atoms with Gasteiger partial charge in [0.05, 0.1) is 51.0 Å². The molecule has 0 bridgehead atoms. The number of rotatable bonds is 8. The predicted molar refractivity (Wildman–Crippen MR) is 291 cm³/mol. The van der Waals surface area contributed by atoms with Crippen molar-refractivity contribution in [2.75, 3.05) is 0 Å². The van der Waals surface area contributed by atoms with Crippen molar-refractivity contribution in [1.82, 2.24) is 24.1 Å². The second-order valence-electron chi connectivity index (χ2n) is 17.8. The lowest BCUT2D eigenvalue weighted by Gasteiger charge is -2.17. The molecule has 0 spiro atoms. The lowest BCUT2D eigenvalue weighted by Crippen LogP contribution is -2.04. The third-order valence-corrected chi connectivity index (χ3v) is 13.7. The summed E-state index contributed by atoms with van der Waals surface area (Å²) in [5.74, 6) is 1.69. The Balaban J connectivity index is 1.11. The van der Waals surface area contributed by atoms with Gasteiger partial charge in [-0.25, -0.2) is 15.0 Å². The molecule has 7 heteroatoms. The Kier molecular flexibility index (Phi) is 10.1. The van der Waals surface area contributed by atoms with Crippen molar-refractivity contribution in [2.45, 2.75) is 0 Å². The zero-order valence-electron chi connectivity index (χ0n) is 38.6. The molecule has 3 aromatic heterocycles. The van der Waals surface area contributed by atoms with Gasteiger partial charge in [-0.2, -0.15) is 10.5 Å². The van der Waals surface area contributed by atoms with Gasteiger partial charge in [0.15, 0.2) is 17.5 Å². The first-order valence-electron chi connectivity index (χ1n) is 23.8. The predicted octanol–water partition coefficient (Wildman–Crippen LogP) is 15.8. The summed E-state index contributed by atoms with van der Waals surface area (Å²) in [6.45, 7) is 0. The van der Waals surface area contributed by atoms with Crippen LogP contribution in [-0.4, -0.2) is 24.1 Å². The monoisotopic (exact) mass is 917 g/mol. The van der Waals surface area contributed by atoms with E-state index in [-0.39, 0.29) is 0 Å². The van der Waals surface area contributed by atoms with Crippen LogP contribution in [0.3, 0.4) is 0 Å². The molecule has 13 aromatic rings. The maximum atomic E-state index is 9.60. The average molecular weight is 918 g/mol. The van der Waals surface area contributed by atoms with E-state index in [9.17, 15) is 10.5 Å². The first kappa shape index (κ1) is 41.9. The molecule has 0 amide bonds. The van der Waals surface area contributed by atoms with Gasteiger partial charge in [0.25, 0.3) is 0 Å². The van der Waals surface area contributed by atoms with Gasteiger partial charge in [0.1, 0.15) is 0 Å². The van der Waals surface area contributed by atoms with E-state index in [0.717, 1.165) is 105 Å². The standard InChI is InChI=1S/C65H39N7/c66-40-42-23-27-44(28-24-42)48-31-34-58-54(37-48)55-38-49(45-29-25-43(41-67)26-30-45)32-35-59(55)72(58)60-36-33-50(52-20-12-22-61-62(52)53-19-10-11-21-57(53)71(61)51-17-8-3-9-18-51)39-56(60)65-69-63(46-13-4-1-5-14-46)68-64(70-65)47-15-6-2-7-16-47/h1-39H. The second kappa shape index (κ2) is 17.4. The number of nitrogens with zero attached hydrogens (tertiary/aromatic N) is 7. The van der Waals surface area contributed by atoms with Crippen molar-refractivity contribution in [3.8, 4) is 91.1 Å². The zero-order valence-corrected chi connectivity index (χ0v) is 38.6. The topological polar surface area (TPSA) is 96.1 Å². The highest BCUT2D eigenvalue weighted by atomic mass is 15.1. The van der Waals surface area contributed by atoms with Crippen LogP contribution in [0.5, 0.6) is 0 Å². The number of benzene rings is 10. The summed E-state index contributed by atoms with van der Waals surface area (Å²) in [7, 11) is 0. The van der Waals surface area contributed by atoms with Crippen LogP contribution < -0.4 is 0 Å². The minimum absolute atomic E-state index is 0.539. The molecule has 0 atom stereocenters. The summed E-state index contributed by atoms with van der Waals surface area (Å²) < 4.78 is 4.69. The quantitative estimate of drug-likeness (QED) is 0.151. The van der Waals surface area contributed by atoms with E-state index in [1.807, 2.05) is 109 Å². The first-order valence-corrected chi connectivity index (χ1v) is 23.8. The highest BCUT2D eigenvalue weighted by molar-refractivity contribution is 6.16. The SMILES string of the molecule is N#Cc1ccc(-c2ccc3c(c2)c2cc(-c4ccc(C#N)cc4)ccc2n3-c2ccc(-c3cccc4c3c3ccccc3n4-c3ccccc3)cc2-c2nc(-c3ccccc3)nc(-c3ccccc3)n2)cc1. The number of hydrogen-bond donors (Lipinski definition) is 0. The molecule has 0 aliphatic carbocycles. The molecule has 0 saturated carbocycles. The van der Waals surface area contributed by atoms with Crippen LogP contribution in [0.25, 0.3) is 123 Å². The summed E-state index contributed by atoms with van der Waals surface area (Å²) in [4.78, 5) is 15.9. The van der Waals surface area contributed by atoms with Crippen molar-refractivity contribution in [1.29, 1.82) is 10.5 Å². The molecule has 10 aromatic carbocycles. The van der Waals surface area contributed by atoms with Crippen LogP contribution in [0, 0.1) is 22.7 Å². The maximum absolute atomic E-state index is 9.60. The maximum Gasteiger partial charge on any atom is 0.166 e. The molecule has 334 valence electrons. The molecule has 0 N–H and O–H groups in total. The minimum atomic E-state index is 0.539. The van der Waals surface area contributed by atoms with E-state index < -0.39 is 0 Å². The van der Waals surface area contributed by atoms with Crippen molar-refractivity contribution in [3.63, 3.8) is 0 Å². The lowest BCUT2D eigenvalue weighted by atomic mass is 9.96. The molecule has 7 nitrogen and oxygen atoms in total. The number of hydrogen-bond acceptors (Lipinski definition) is 5. The zero-order chi connectivity index (χ0) is 48.1. The van der Waals surface area contributed by atoms with Gasteiger partial charge in [0, 0.05) is 43.9 Å². The Hall–Kier alpha value is -10.2. The van der Waals surface area contributed by atoms with Crippen molar-refractivity contribution in [2.24, 2.45) is 0 Å². The highest BCUT2D eigenvalue weighted by Crippen LogP contribution is 2.43. The Morgan fingerprint density at radius 1 is 0.306 bits per heavy atom. The van der Waals surface area contributed by atoms with Gasteiger partial charge in [-0.3, -0.25) is 0 Å². The van der Waals surface area contributed by atoms with Gasteiger partial charge in [0.2, 0.25) is 0 Å². The number of fused-ring (bicyclic) bond motifs is 6. The Morgan fingerprint density at radius 2 is 0.778 bits per heavy atom. The molecule has 0 unspecified atom stereocenters. The van der Waals surface area contributed by atoms with Crippen LogP contribution in [0.2, 0.25) is 0 Å². The van der Waals surface area contributed by atoms with E-state index in [1.54, 1.807) is 0 Å². The van der Waals surface area contributed by atoms with E-state index in [0.29, 0.717) is 28.6 Å². The average Bonchev–Trinajstić information content (AvgIpc) is 3.98. The summed E-state index contributed by atoms with van der Waals surface area (Å²) >= 11 is 0. The van der Waals surface area contributed by atoms with Gasteiger partial charge in [-0.1, -0.05) is 152 Å². The highest BCUT2D eigenvalue weighted by Gasteiger charge is 2.23. The fourth-order valence-corrected chi connectivity index (χ4v) is 10.2. The van der Waals surface area contributed by atoms with Crippen LogP contribution in [-0.2, 0) is 0 Å². The van der Waals surface area contributed by atoms with E-state index in [1.165, 1.54) is 0 Å². The molecular weight excluding hydrogens is 879 g/mol. The van der Waals surface area contributed by atoms with Gasteiger partial charge in [-0.15, -0.1) is 0 Å². The molecule has 3 heterocycles. The first-order chi connectivity index (χ1) is 35.6. The summed E-state index contributed by atoms with van der Waals surface area (Å²) in [5.41, 5.74) is 16.3. The molecule has 0 fully saturated rings. The summed E-state index contributed by atoms with van der Waals surface area (Å²) in [5, 5.41) is 23.6. The van der Waals surface area contributed by atoms with Crippen LogP contribution in [0.1, 0.15) is 11.1 Å². The molecule has 0 saturated heterocycles. The number of nitriles is 2.